The Hall–Kier alpha value is -2.87. The lowest BCUT2D eigenvalue weighted by Crippen LogP contribution is -2.00. The zero-order chi connectivity index (χ0) is 13.0. The monoisotopic (exact) mass is 240 g/mol. The summed E-state index contributed by atoms with van der Waals surface area (Å²) in [6.07, 6.45) is 1.36. The number of aromatic carboxylic acids is 1. The number of pyridine rings is 1. The molecule has 0 bridgehead atoms. The Morgan fingerprint density at radius 2 is 2.06 bits per heavy atom. The van der Waals surface area contributed by atoms with Gasteiger partial charge in [0.15, 0.2) is 0 Å². The molecule has 0 saturated carbocycles. The normalized spacial score (nSPS) is 9.50. The van der Waals surface area contributed by atoms with E-state index in [0.717, 1.165) is 0 Å². The Labute approximate surface area is 103 Å². The maximum Gasteiger partial charge on any atom is 0.339 e. The highest BCUT2D eigenvalue weighted by Gasteiger charge is 2.11. The van der Waals surface area contributed by atoms with Crippen LogP contribution in [-0.2, 0) is 0 Å². The summed E-state index contributed by atoms with van der Waals surface area (Å²) in [4.78, 5) is 14.9. The highest BCUT2D eigenvalue weighted by molar-refractivity contribution is 5.90. The summed E-state index contributed by atoms with van der Waals surface area (Å²) in [6, 6.07) is 11.3. The molecule has 0 aliphatic carbocycles. The third-order valence-electron chi connectivity index (χ3n) is 2.20. The van der Waals surface area contributed by atoms with Crippen LogP contribution < -0.4 is 4.74 Å². The molecule has 1 aromatic carbocycles. The van der Waals surface area contributed by atoms with Crippen molar-refractivity contribution >= 4 is 5.97 Å². The van der Waals surface area contributed by atoms with Gasteiger partial charge in [-0.05, 0) is 18.2 Å². The Balaban J connectivity index is 2.28. The molecule has 0 amide bonds. The predicted molar refractivity (Wildman–Crippen MR) is 62.4 cm³/mol. The Morgan fingerprint density at radius 3 is 2.67 bits per heavy atom. The first kappa shape index (κ1) is 11.6. The second-order valence-electron chi connectivity index (χ2n) is 3.40. The van der Waals surface area contributed by atoms with E-state index in [1.165, 1.54) is 18.3 Å². The molecule has 18 heavy (non-hydrogen) atoms. The molecule has 2 aromatic rings. The van der Waals surface area contributed by atoms with E-state index in [-0.39, 0.29) is 17.2 Å². The van der Waals surface area contributed by atoms with Crippen LogP contribution in [0.1, 0.15) is 15.9 Å². The number of rotatable bonds is 3. The number of hydrogen-bond donors (Lipinski definition) is 1. The smallest absolute Gasteiger partial charge is 0.339 e. The van der Waals surface area contributed by atoms with Crippen molar-refractivity contribution in [2.75, 3.05) is 0 Å². The summed E-state index contributed by atoms with van der Waals surface area (Å²) in [5.41, 5.74) is 0.470. The number of carbonyl (C=O) groups is 1. The van der Waals surface area contributed by atoms with Gasteiger partial charge in [-0.1, -0.05) is 12.1 Å². The third-order valence-corrected chi connectivity index (χ3v) is 2.20. The number of para-hydroxylation sites is 1. The number of carboxylic acids is 1. The van der Waals surface area contributed by atoms with Crippen molar-refractivity contribution in [3.8, 4) is 17.7 Å². The average molecular weight is 240 g/mol. The van der Waals surface area contributed by atoms with E-state index in [0.29, 0.717) is 5.56 Å². The molecule has 0 radical (unpaired) electrons. The lowest BCUT2D eigenvalue weighted by atomic mass is 10.2. The fourth-order valence-corrected chi connectivity index (χ4v) is 1.35. The lowest BCUT2D eigenvalue weighted by Gasteiger charge is -2.07. The first-order valence-electron chi connectivity index (χ1n) is 5.07. The van der Waals surface area contributed by atoms with Gasteiger partial charge in [-0.15, -0.1) is 0 Å². The molecule has 0 saturated heterocycles. The van der Waals surface area contributed by atoms with Crippen LogP contribution in [0.4, 0.5) is 0 Å². The average Bonchev–Trinajstić information content (AvgIpc) is 2.40. The van der Waals surface area contributed by atoms with E-state index < -0.39 is 5.97 Å². The maximum absolute atomic E-state index is 11.0. The summed E-state index contributed by atoms with van der Waals surface area (Å²) in [5.74, 6) is -0.621. The van der Waals surface area contributed by atoms with Crippen molar-refractivity contribution in [1.82, 2.24) is 4.98 Å². The molecule has 2 rings (SSSR count). The van der Waals surface area contributed by atoms with Crippen molar-refractivity contribution in [2.24, 2.45) is 0 Å². The number of aromatic nitrogens is 1. The highest BCUT2D eigenvalue weighted by Crippen LogP contribution is 2.23. The van der Waals surface area contributed by atoms with Crippen LogP contribution in [0.25, 0.3) is 0 Å². The minimum absolute atomic E-state index is 0.0589. The summed E-state index contributed by atoms with van der Waals surface area (Å²) >= 11 is 0. The third kappa shape index (κ3) is 2.44. The molecule has 1 N–H and O–H groups in total. The van der Waals surface area contributed by atoms with Gasteiger partial charge in [0.05, 0.1) is 5.56 Å². The molecule has 5 heteroatoms. The van der Waals surface area contributed by atoms with E-state index >= 15 is 0 Å². The second-order valence-corrected chi connectivity index (χ2v) is 3.40. The standard InChI is InChI=1S/C13H8N2O3/c14-7-9-5-6-12(15-8-9)18-11-4-2-1-3-10(11)13(16)17/h1-6,8H,(H,16,17). The van der Waals surface area contributed by atoms with Crippen molar-refractivity contribution in [2.45, 2.75) is 0 Å². The molecule has 88 valence electrons. The first-order valence-corrected chi connectivity index (χ1v) is 5.07. The molecular formula is C13H8N2O3. The summed E-state index contributed by atoms with van der Waals surface area (Å²) in [6.45, 7) is 0. The van der Waals surface area contributed by atoms with Gasteiger partial charge in [-0.3, -0.25) is 0 Å². The van der Waals surface area contributed by atoms with Gasteiger partial charge in [0.1, 0.15) is 17.4 Å². The Kier molecular flexibility index (Phi) is 3.21. The SMILES string of the molecule is N#Cc1ccc(Oc2ccccc2C(=O)O)nc1. The summed E-state index contributed by atoms with van der Waals surface area (Å²) in [5, 5.41) is 17.6. The van der Waals surface area contributed by atoms with E-state index in [1.807, 2.05) is 6.07 Å². The van der Waals surface area contributed by atoms with Crippen molar-refractivity contribution in [3.05, 3.63) is 53.7 Å². The lowest BCUT2D eigenvalue weighted by molar-refractivity contribution is 0.0694. The zero-order valence-corrected chi connectivity index (χ0v) is 9.20. The van der Waals surface area contributed by atoms with Crippen molar-refractivity contribution < 1.29 is 14.6 Å². The molecule has 0 unspecified atom stereocenters. The van der Waals surface area contributed by atoms with Crippen molar-refractivity contribution in [3.63, 3.8) is 0 Å². The van der Waals surface area contributed by atoms with Gasteiger partial charge in [-0.2, -0.15) is 5.26 Å². The molecule has 0 spiro atoms. The molecule has 0 aliphatic heterocycles. The van der Waals surface area contributed by atoms with Gasteiger partial charge < -0.3 is 9.84 Å². The zero-order valence-electron chi connectivity index (χ0n) is 9.20. The summed E-state index contributed by atoms with van der Waals surface area (Å²) < 4.78 is 5.37. The van der Waals surface area contributed by atoms with Crippen LogP contribution in [0, 0.1) is 11.3 Å². The minimum atomic E-state index is -1.07. The van der Waals surface area contributed by atoms with Crippen LogP contribution in [0.2, 0.25) is 0 Å². The van der Waals surface area contributed by atoms with E-state index in [9.17, 15) is 4.79 Å². The molecule has 0 aliphatic rings. The van der Waals surface area contributed by atoms with Crippen molar-refractivity contribution in [1.29, 1.82) is 5.26 Å². The number of hydrogen-bond acceptors (Lipinski definition) is 4. The van der Waals surface area contributed by atoms with Gasteiger partial charge in [0.25, 0.3) is 0 Å². The van der Waals surface area contributed by atoms with E-state index in [2.05, 4.69) is 4.98 Å². The van der Waals surface area contributed by atoms with E-state index in [1.54, 1.807) is 24.3 Å². The quantitative estimate of drug-likeness (QED) is 0.890. The number of benzene rings is 1. The van der Waals surface area contributed by atoms with Crippen LogP contribution in [0.15, 0.2) is 42.6 Å². The molecule has 0 atom stereocenters. The highest BCUT2D eigenvalue weighted by atomic mass is 16.5. The molecule has 5 nitrogen and oxygen atoms in total. The minimum Gasteiger partial charge on any atom is -0.478 e. The Morgan fingerprint density at radius 1 is 1.28 bits per heavy atom. The number of nitrogens with zero attached hydrogens (tertiary/aromatic N) is 2. The van der Waals surface area contributed by atoms with E-state index in [4.69, 9.17) is 15.1 Å². The topological polar surface area (TPSA) is 83.2 Å². The Bertz CT molecular complexity index is 615. The van der Waals surface area contributed by atoms with Crippen LogP contribution in [-0.4, -0.2) is 16.1 Å². The summed E-state index contributed by atoms with van der Waals surface area (Å²) in [7, 11) is 0. The fraction of sp³-hybridized carbons (Fsp3) is 0. The molecule has 1 aromatic heterocycles. The van der Waals surface area contributed by atoms with Crippen LogP contribution >= 0.6 is 0 Å². The first-order chi connectivity index (χ1) is 8.70. The van der Waals surface area contributed by atoms with Gasteiger partial charge in [-0.25, -0.2) is 9.78 Å². The van der Waals surface area contributed by atoms with Gasteiger partial charge in [0.2, 0.25) is 5.88 Å². The van der Waals surface area contributed by atoms with Crippen LogP contribution in [0.3, 0.4) is 0 Å². The number of nitriles is 1. The largest absolute Gasteiger partial charge is 0.478 e. The van der Waals surface area contributed by atoms with Gasteiger partial charge in [0, 0.05) is 12.3 Å². The predicted octanol–water partition coefficient (Wildman–Crippen LogP) is 2.44. The second kappa shape index (κ2) is 4.97. The molecule has 1 heterocycles. The fourth-order valence-electron chi connectivity index (χ4n) is 1.35. The van der Waals surface area contributed by atoms with Crippen LogP contribution in [0.5, 0.6) is 11.6 Å². The number of carboxylic acid groups (broad SMARTS) is 1. The maximum atomic E-state index is 11.0. The molecule has 0 fully saturated rings. The number of ether oxygens (including phenoxy) is 1. The van der Waals surface area contributed by atoms with Gasteiger partial charge >= 0.3 is 5.97 Å². The molecular weight excluding hydrogens is 232 g/mol.